The fourth-order valence-electron chi connectivity index (χ4n) is 4.16. The molecule has 0 bridgehead atoms. The SMILES string of the molecule is C=C(CBr)C1CC2(C)C(C)CCCC2C(=O)C1OC. The molecule has 2 nitrogen and oxygen atoms in total. The first-order valence-electron chi connectivity index (χ1n) is 7.25. The van der Waals surface area contributed by atoms with Crippen molar-refractivity contribution in [2.75, 3.05) is 12.4 Å². The van der Waals surface area contributed by atoms with Crippen LogP contribution < -0.4 is 0 Å². The highest BCUT2D eigenvalue weighted by atomic mass is 79.9. The molecule has 0 heterocycles. The van der Waals surface area contributed by atoms with E-state index < -0.39 is 0 Å². The lowest BCUT2D eigenvalue weighted by Crippen LogP contribution is -2.54. The molecule has 0 amide bonds. The van der Waals surface area contributed by atoms with Gasteiger partial charge in [0.25, 0.3) is 0 Å². The molecule has 0 aromatic heterocycles. The minimum Gasteiger partial charge on any atom is -0.373 e. The van der Waals surface area contributed by atoms with Crippen LogP contribution in [-0.2, 0) is 9.53 Å². The smallest absolute Gasteiger partial charge is 0.165 e. The lowest BCUT2D eigenvalue weighted by Gasteiger charge is -2.53. The van der Waals surface area contributed by atoms with Crippen LogP contribution in [0.1, 0.15) is 39.5 Å². The van der Waals surface area contributed by atoms with Gasteiger partial charge in [-0.1, -0.05) is 54.8 Å². The number of hydrogen-bond donors (Lipinski definition) is 0. The Bertz CT molecular complexity index is 379. The maximum absolute atomic E-state index is 12.8. The van der Waals surface area contributed by atoms with E-state index in [1.807, 2.05) is 0 Å². The molecular weight excluding hydrogens is 304 g/mol. The highest BCUT2D eigenvalue weighted by molar-refractivity contribution is 9.09. The van der Waals surface area contributed by atoms with Crippen molar-refractivity contribution in [2.45, 2.75) is 45.6 Å². The Morgan fingerprint density at radius 1 is 1.53 bits per heavy atom. The quantitative estimate of drug-likeness (QED) is 0.578. The first kappa shape index (κ1) is 15.2. The zero-order chi connectivity index (χ0) is 14.2. The largest absolute Gasteiger partial charge is 0.373 e. The number of Topliss-reactive ketones (excluding diaryl/α,β-unsaturated/α-hetero) is 1. The van der Waals surface area contributed by atoms with E-state index >= 15 is 0 Å². The normalized spacial score (nSPS) is 42.8. The van der Waals surface area contributed by atoms with Gasteiger partial charge < -0.3 is 4.74 Å². The Balaban J connectivity index is 2.34. The highest BCUT2D eigenvalue weighted by Crippen LogP contribution is 2.54. The number of carbonyl (C=O) groups is 1. The van der Waals surface area contributed by atoms with Gasteiger partial charge in [-0.2, -0.15) is 0 Å². The summed E-state index contributed by atoms with van der Waals surface area (Å²) >= 11 is 3.48. The Morgan fingerprint density at radius 3 is 2.79 bits per heavy atom. The van der Waals surface area contributed by atoms with Crippen LogP contribution in [0.5, 0.6) is 0 Å². The molecule has 2 saturated carbocycles. The van der Waals surface area contributed by atoms with Gasteiger partial charge in [0.2, 0.25) is 0 Å². The highest BCUT2D eigenvalue weighted by Gasteiger charge is 2.54. The first-order valence-corrected chi connectivity index (χ1v) is 8.38. The lowest BCUT2D eigenvalue weighted by atomic mass is 9.52. The summed E-state index contributed by atoms with van der Waals surface area (Å²) in [6.07, 6.45) is 4.20. The van der Waals surface area contributed by atoms with E-state index in [9.17, 15) is 4.79 Å². The zero-order valence-corrected chi connectivity index (χ0v) is 13.8. The fourth-order valence-corrected chi connectivity index (χ4v) is 4.57. The van der Waals surface area contributed by atoms with E-state index in [0.717, 1.165) is 23.7 Å². The summed E-state index contributed by atoms with van der Waals surface area (Å²) in [5.74, 6) is 1.27. The minimum atomic E-state index is -0.284. The molecule has 2 aliphatic carbocycles. The van der Waals surface area contributed by atoms with Crippen molar-refractivity contribution < 1.29 is 9.53 Å². The van der Waals surface area contributed by atoms with Crippen LogP contribution in [0.15, 0.2) is 12.2 Å². The summed E-state index contributed by atoms with van der Waals surface area (Å²) in [7, 11) is 1.66. The van der Waals surface area contributed by atoms with Crippen LogP contribution in [-0.4, -0.2) is 24.3 Å². The van der Waals surface area contributed by atoms with Gasteiger partial charge in [0.05, 0.1) is 0 Å². The average Bonchev–Trinajstić information content (AvgIpc) is 2.40. The molecule has 0 spiro atoms. The van der Waals surface area contributed by atoms with Gasteiger partial charge in [-0.3, -0.25) is 4.79 Å². The third-order valence-electron chi connectivity index (χ3n) is 5.65. The van der Waals surface area contributed by atoms with Crippen molar-refractivity contribution in [2.24, 2.45) is 23.2 Å². The summed E-state index contributed by atoms with van der Waals surface area (Å²) in [6.45, 7) is 8.76. The Hall–Kier alpha value is -0.150. The molecule has 5 atom stereocenters. The van der Waals surface area contributed by atoms with E-state index in [4.69, 9.17) is 4.74 Å². The number of rotatable bonds is 3. The number of ketones is 1. The summed E-state index contributed by atoms with van der Waals surface area (Å²) in [6, 6.07) is 0. The van der Waals surface area contributed by atoms with Crippen molar-refractivity contribution in [3.63, 3.8) is 0 Å². The lowest BCUT2D eigenvalue weighted by molar-refractivity contribution is -0.154. The molecule has 108 valence electrons. The van der Waals surface area contributed by atoms with Crippen molar-refractivity contribution in [1.29, 1.82) is 0 Å². The molecule has 2 rings (SSSR count). The second-order valence-electron chi connectivity index (χ2n) is 6.55. The number of fused-ring (bicyclic) bond motifs is 1. The number of halogens is 1. The number of alkyl halides is 1. The Morgan fingerprint density at radius 2 is 2.21 bits per heavy atom. The second kappa shape index (κ2) is 5.69. The van der Waals surface area contributed by atoms with E-state index in [0.29, 0.717) is 11.7 Å². The van der Waals surface area contributed by atoms with E-state index in [2.05, 4.69) is 36.4 Å². The van der Waals surface area contributed by atoms with Crippen molar-refractivity contribution in [3.8, 4) is 0 Å². The van der Waals surface area contributed by atoms with Gasteiger partial charge >= 0.3 is 0 Å². The van der Waals surface area contributed by atoms with Crippen LogP contribution in [0.2, 0.25) is 0 Å². The maximum Gasteiger partial charge on any atom is 0.165 e. The summed E-state index contributed by atoms with van der Waals surface area (Å²) < 4.78 is 5.54. The monoisotopic (exact) mass is 328 g/mol. The number of methoxy groups -OCH3 is 1. The second-order valence-corrected chi connectivity index (χ2v) is 7.11. The summed E-state index contributed by atoms with van der Waals surface area (Å²) in [5, 5.41) is 0.750. The van der Waals surface area contributed by atoms with Crippen LogP contribution in [0, 0.1) is 23.2 Å². The third-order valence-corrected chi connectivity index (χ3v) is 6.37. The van der Waals surface area contributed by atoms with Crippen LogP contribution in [0.4, 0.5) is 0 Å². The van der Waals surface area contributed by atoms with E-state index in [-0.39, 0.29) is 23.4 Å². The third kappa shape index (κ3) is 2.44. The van der Waals surface area contributed by atoms with Crippen LogP contribution in [0.3, 0.4) is 0 Å². The topological polar surface area (TPSA) is 26.3 Å². The molecule has 2 aliphatic rings. The minimum absolute atomic E-state index is 0.125. The van der Waals surface area contributed by atoms with Crippen molar-refractivity contribution in [3.05, 3.63) is 12.2 Å². The number of ether oxygens (including phenoxy) is 1. The molecule has 0 aromatic carbocycles. The molecule has 0 N–H and O–H groups in total. The molecule has 2 fully saturated rings. The van der Waals surface area contributed by atoms with Crippen LogP contribution in [0.25, 0.3) is 0 Å². The van der Waals surface area contributed by atoms with Crippen molar-refractivity contribution >= 4 is 21.7 Å². The van der Waals surface area contributed by atoms with Crippen LogP contribution >= 0.6 is 15.9 Å². The molecule has 0 aromatic rings. The van der Waals surface area contributed by atoms with Gasteiger partial charge in [-0.15, -0.1) is 0 Å². The van der Waals surface area contributed by atoms with Gasteiger partial charge in [-0.05, 0) is 24.2 Å². The average molecular weight is 329 g/mol. The summed E-state index contributed by atoms with van der Waals surface area (Å²) in [4.78, 5) is 12.8. The van der Waals surface area contributed by atoms with Gasteiger partial charge in [0, 0.05) is 24.3 Å². The fraction of sp³-hybridized carbons (Fsp3) is 0.812. The molecule has 5 unspecified atom stereocenters. The molecule has 19 heavy (non-hydrogen) atoms. The van der Waals surface area contributed by atoms with E-state index in [1.165, 1.54) is 12.8 Å². The van der Waals surface area contributed by atoms with Gasteiger partial charge in [0.1, 0.15) is 6.10 Å². The predicted molar refractivity (Wildman–Crippen MR) is 81.5 cm³/mol. The molecule has 0 radical (unpaired) electrons. The number of carbonyl (C=O) groups excluding carboxylic acids is 1. The molecule has 3 heteroatoms. The molecule has 0 aliphatic heterocycles. The Kier molecular flexibility index (Phi) is 4.56. The van der Waals surface area contributed by atoms with E-state index in [1.54, 1.807) is 7.11 Å². The molecular formula is C16H25BrO2. The maximum atomic E-state index is 12.8. The van der Waals surface area contributed by atoms with Gasteiger partial charge in [0.15, 0.2) is 5.78 Å². The zero-order valence-electron chi connectivity index (χ0n) is 12.2. The molecule has 0 saturated heterocycles. The summed E-state index contributed by atoms with van der Waals surface area (Å²) in [5.41, 5.74) is 1.22. The standard InChI is InChI=1S/C16H25BrO2/c1-10(9-17)12-8-16(3)11(2)6-5-7-13(16)14(18)15(12)19-4/h11-13,15H,1,5-9H2,2-4H3. The van der Waals surface area contributed by atoms with Crippen molar-refractivity contribution in [1.82, 2.24) is 0 Å². The first-order chi connectivity index (χ1) is 8.95. The number of hydrogen-bond acceptors (Lipinski definition) is 2. The Labute approximate surface area is 125 Å². The predicted octanol–water partition coefficient (Wildman–Crippen LogP) is 3.98. The van der Waals surface area contributed by atoms with Gasteiger partial charge in [-0.25, -0.2) is 0 Å².